The van der Waals surface area contributed by atoms with E-state index in [1.165, 1.54) is 4.88 Å². The van der Waals surface area contributed by atoms with E-state index in [2.05, 4.69) is 24.5 Å². The maximum absolute atomic E-state index is 11.8. The van der Waals surface area contributed by atoms with Crippen LogP contribution in [0.15, 0.2) is 17.5 Å². The summed E-state index contributed by atoms with van der Waals surface area (Å²) in [7, 11) is 0. The van der Waals surface area contributed by atoms with E-state index in [-0.39, 0.29) is 18.0 Å². The molecule has 0 saturated carbocycles. The van der Waals surface area contributed by atoms with Gasteiger partial charge in [-0.15, -0.1) is 11.3 Å². The fourth-order valence-electron chi connectivity index (χ4n) is 1.99. The molecule has 2 amide bonds. The molecule has 0 saturated heterocycles. The smallest absolute Gasteiger partial charge is 0.314 e. The fraction of sp³-hybridized carbons (Fsp3) is 0.600. The molecule has 0 aliphatic rings. The highest BCUT2D eigenvalue weighted by molar-refractivity contribution is 7.10. The Morgan fingerprint density at radius 1 is 1.38 bits per heavy atom. The molecule has 0 radical (unpaired) electrons. The Hall–Kier alpha value is -1.56. The molecule has 0 aromatic carbocycles. The van der Waals surface area contributed by atoms with Gasteiger partial charge in [-0.1, -0.05) is 33.3 Å². The Bertz CT molecular complexity index is 457. The zero-order chi connectivity index (χ0) is 15.9. The van der Waals surface area contributed by atoms with Gasteiger partial charge < -0.3 is 15.7 Å². The van der Waals surface area contributed by atoms with Crippen molar-refractivity contribution in [3.8, 4) is 0 Å². The molecule has 1 rings (SSSR count). The molecule has 0 aliphatic heterocycles. The summed E-state index contributed by atoms with van der Waals surface area (Å²) in [6.07, 6.45) is 1.35. The van der Waals surface area contributed by atoms with Crippen LogP contribution in [0.5, 0.6) is 0 Å². The Kier molecular flexibility index (Phi) is 6.68. The molecule has 1 aromatic rings. The van der Waals surface area contributed by atoms with Gasteiger partial charge in [0.1, 0.15) is 0 Å². The van der Waals surface area contributed by atoms with Crippen LogP contribution in [0.1, 0.15) is 38.5 Å². The van der Waals surface area contributed by atoms with Crippen molar-refractivity contribution in [1.29, 1.82) is 0 Å². The van der Waals surface area contributed by atoms with E-state index in [9.17, 15) is 9.59 Å². The summed E-state index contributed by atoms with van der Waals surface area (Å²) in [6, 6.07) is 3.72. The molecule has 6 heteroatoms. The highest BCUT2D eigenvalue weighted by Crippen LogP contribution is 2.26. The second-order valence-corrected chi connectivity index (χ2v) is 6.70. The standard InChI is InChI=1S/C15H24N2O3S/c1-4-6-11(13(18)19)9-16-14(20)17-10-15(2,3)12-7-5-8-21-12/h5,7-8,11H,4,6,9-10H2,1-3H3,(H,18,19)(H2,16,17,20). The van der Waals surface area contributed by atoms with Crippen molar-refractivity contribution in [2.24, 2.45) is 5.92 Å². The van der Waals surface area contributed by atoms with Crippen LogP contribution in [0.4, 0.5) is 4.79 Å². The number of amides is 2. The number of hydrogen-bond acceptors (Lipinski definition) is 3. The molecular formula is C15H24N2O3S. The predicted molar refractivity (Wildman–Crippen MR) is 84.8 cm³/mol. The zero-order valence-corrected chi connectivity index (χ0v) is 13.6. The summed E-state index contributed by atoms with van der Waals surface area (Å²) in [4.78, 5) is 24.0. The summed E-state index contributed by atoms with van der Waals surface area (Å²) in [5.74, 6) is -1.39. The van der Waals surface area contributed by atoms with Crippen molar-refractivity contribution in [2.45, 2.75) is 39.0 Å². The van der Waals surface area contributed by atoms with Gasteiger partial charge in [-0.2, -0.15) is 0 Å². The first-order valence-corrected chi connectivity index (χ1v) is 8.03. The number of rotatable bonds is 8. The highest BCUT2D eigenvalue weighted by Gasteiger charge is 2.23. The van der Waals surface area contributed by atoms with E-state index in [0.717, 1.165) is 6.42 Å². The number of nitrogens with one attached hydrogen (secondary N) is 2. The molecule has 0 bridgehead atoms. The van der Waals surface area contributed by atoms with Gasteiger partial charge in [-0.05, 0) is 17.9 Å². The van der Waals surface area contributed by atoms with Gasteiger partial charge in [0.15, 0.2) is 0 Å². The number of hydrogen-bond donors (Lipinski definition) is 3. The van der Waals surface area contributed by atoms with Crippen LogP contribution in [0.3, 0.4) is 0 Å². The van der Waals surface area contributed by atoms with Crippen molar-refractivity contribution < 1.29 is 14.7 Å². The number of carboxylic acid groups (broad SMARTS) is 1. The lowest BCUT2D eigenvalue weighted by molar-refractivity contribution is -0.141. The third-order valence-electron chi connectivity index (χ3n) is 3.37. The minimum absolute atomic E-state index is 0.138. The number of carbonyl (C=O) groups is 2. The first-order valence-electron chi connectivity index (χ1n) is 7.15. The first kappa shape index (κ1) is 17.5. The van der Waals surface area contributed by atoms with Crippen LogP contribution in [-0.2, 0) is 10.2 Å². The molecule has 0 spiro atoms. The Balaban J connectivity index is 2.39. The molecule has 3 N–H and O–H groups in total. The Morgan fingerprint density at radius 3 is 2.62 bits per heavy atom. The van der Waals surface area contributed by atoms with E-state index in [4.69, 9.17) is 5.11 Å². The average Bonchev–Trinajstić information content (AvgIpc) is 2.95. The average molecular weight is 312 g/mol. The van der Waals surface area contributed by atoms with Crippen LogP contribution < -0.4 is 10.6 Å². The van der Waals surface area contributed by atoms with E-state index < -0.39 is 11.9 Å². The molecular weight excluding hydrogens is 288 g/mol. The number of carbonyl (C=O) groups excluding carboxylic acids is 1. The molecule has 5 nitrogen and oxygen atoms in total. The molecule has 21 heavy (non-hydrogen) atoms. The normalized spacial score (nSPS) is 12.7. The number of carboxylic acids is 1. The van der Waals surface area contributed by atoms with Crippen molar-refractivity contribution in [2.75, 3.05) is 13.1 Å². The van der Waals surface area contributed by atoms with Crippen molar-refractivity contribution in [3.05, 3.63) is 22.4 Å². The highest BCUT2D eigenvalue weighted by atomic mass is 32.1. The van der Waals surface area contributed by atoms with E-state index in [0.29, 0.717) is 13.0 Å². The largest absolute Gasteiger partial charge is 0.481 e. The topological polar surface area (TPSA) is 78.4 Å². The van der Waals surface area contributed by atoms with Crippen LogP contribution >= 0.6 is 11.3 Å². The second-order valence-electron chi connectivity index (χ2n) is 5.75. The van der Waals surface area contributed by atoms with Gasteiger partial charge in [-0.25, -0.2) is 4.79 Å². The van der Waals surface area contributed by atoms with Crippen LogP contribution in [-0.4, -0.2) is 30.2 Å². The minimum Gasteiger partial charge on any atom is -0.481 e. The van der Waals surface area contributed by atoms with E-state index in [1.54, 1.807) is 11.3 Å². The van der Waals surface area contributed by atoms with Gasteiger partial charge in [0.2, 0.25) is 0 Å². The second kappa shape index (κ2) is 8.02. The maximum Gasteiger partial charge on any atom is 0.314 e. The molecule has 1 atom stereocenters. The summed E-state index contributed by atoms with van der Waals surface area (Å²) in [5, 5.41) is 16.5. The fourth-order valence-corrected chi connectivity index (χ4v) is 2.84. The molecule has 1 unspecified atom stereocenters. The van der Waals surface area contributed by atoms with Crippen LogP contribution in [0.2, 0.25) is 0 Å². The van der Waals surface area contributed by atoms with Crippen LogP contribution in [0.25, 0.3) is 0 Å². The lowest BCUT2D eigenvalue weighted by Gasteiger charge is -2.24. The SMILES string of the molecule is CCCC(CNC(=O)NCC(C)(C)c1cccs1)C(=O)O. The van der Waals surface area contributed by atoms with Gasteiger partial charge in [0, 0.05) is 23.4 Å². The van der Waals surface area contributed by atoms with Crippen molar-refractivity contribution in [3.63, 3.8) is 0 Å². The van der Waals surface area contributed by atoms with E-state index in [1.807, 2.05) is 24.4 Å². The quantitative estimate of drug-likeness (QED) is 0.690. The Morgan fingerprint density at radius 2 is 2.10 bits per heavy atom. The van der Waals surface area contributed by atoms with Gasteiger partial charge >= 0.3 is 12.0 Å². The molecule has 118 valence electrons. The molecule has 1 heterocycles. The Labute approximate surface area is 129 Å². The minimum atomic E-state index is -0.865. The summed E-state index contributed by atoms with van der Waals surface area (Å²) < 4.78 is 0. The van der Waals surface area contributed by atoms with Gasteiger partial charge in [-0.3, -0.25) is 4.79 Å². The summed E-state index contributed by atoms with van der Waals surface area (Å²) in [5.41, 5.74) is -0.138. The van der Waals surface area contributed by atoms with Crippen molar-refractivity contribution >= 4 is 23.3 Å². The number of urea groups is 1. The zero-order valence-electron chi connectivity index (χ0n) is 12.8. The van der Waals surface area contributed by atoms with E-state index >= 15 is 0 Å². The lowest BCUT2D eigenvalue weighted by atomic mass is 9.91. The third-order valence-corrected chi connectivity index (χ3v) is 4.61. The van der Waals surface area contributed by atoms with Crippen LogP contribution in [0, 0.1) is 5.92 Å². The molecule has 0 fully saturated rings. The van der Waals surface area contributed by atoms with Gasteiger partial charge in [0.05, 0.1) is 5.92 Å². The van der Waals surface area contributed by atoms with Gasteiger partial charge in [0.25, 0.3) is 0 Å². The number of thiophene rings is 1. The van der Waals surface area contributed by atoms with Crippen molar-refractivity contribution in [1.82, 2.24) is 10.6 Å². The number of aliphatic carboxylic acids is 1. The summed E-state index contributed by atoms with van der Waals surface area (Å²) in [6.45, 7) is 6.73. The lowest BCUT2D eigenvalue weighted by Crippen LogP contribution is -2.44. The molecule has 0 aliphatic carbocycles. The maximum atomic E-state index is 11.8. The predicted octanol–water partition coefficient (Wildman–Crippen LogP) is 2.83. The first-order chi connectivity index (χ1) is 9.86. The third kappa shape index (κ3) is 5.75. The molecule has 1 aromatic heterocycles. The summed E-state index contributed by atoms with van der Waals surface area (Å²) >= 11 is 1.66. The monoisotopic (exact) mass is 312 g/mol.